The van der Waals surface area contributed by atoms with Crippen LogP contribution in [0.5, 0.6) is 0 Å². The van der Waals surface area contributed by atoms with Crippen molar-refractivity contribution in [2.75, 3.05) is 7.05 Å². The lowest BCUT2D eigenvalue weighted by Gasteiger charge is -2.01. The predicted octanol–water partition coefficient (Wildman–Crippen LogP) is 1.93. The molecule has 0 spiro atoms. The number of H-pyrrole nitrogens is 1. The Morgan fingerprint density at radius 2 is 1.95 bits per heavy atom. The Morgan fingerprint density at radius 3 is 2.68 bits per heavy atom. The molecule has 3 aromatic rings. The first-order valence-electron chi connectivity index (χ1n) is 7.17. The molecule has 0 aliphatic rings. The zero-order chi connectivity index (χ0) is 15.5. The fraction of sp³-hybridized carbons (Fsp3) is 0.176. The number of fused-ring (bicyclic) bond motifs is 1. The molecule has 2 aromatic carbocycles. The highest BCUT2D eigenvalue weighted by Crippen LogP contribution is 2.11. The Kier molecular flexibility index (Phi) is 3.78. The summed E-state index contributed by atoms with van der Waals surface area (Å²) in [4.78, 5) is 24.0. The number of benzene rings is 2. The summed E-state index contributed by atoms with van der Waals surface area (Å²) in [6, 6.07) is 15.1. The predicted molar refractivity (Wildman–Crippen MR) is 86.1 cm³/mol. The summed E-state index contributed by atoms with van der Waals surface area (Å²) in [6.45, 7) is 0.576. The molecule has 0 saturated heterocycles. The van der Waals surface area contributed by atoms with Crippen LogP contribution < -0.4 is 10.9 Å². The first-order valence-corrected chi connectivity index (χ1v) is 7.17. The van der Waals surface area contributed by atoms with Crippen LogP contribution in [-0.4, -0.2) is 22.7 Å². The molecule has 5 heteroatoms. The molecule has 3 rings (SSSR count). The van der Waals surface area contributed by atoms with Crippen molar-refractivity contribution >= 4 is 16.8 Å². The normalized spacial score (nSPS) is 10.8. The van der Waals surface area contributed by atoms with Gasteiger partial charge in [0.05, 0.1) is 10.9 Å². The summed E-state index contributed by atoms with van der Waals surface area (Å²) in [6.07, 6.45) is 0.774. The lowest BCUT2D eigenvalue weighted by molar-refractivity contribution is 0.0963. The van der Waals surface area contributed by atoms with Crippen LogP contribution in [0.2, 0.25) is 0 Å². The molecule has 0 atom stereocenters. The summed E-state index contributed by atoms with van der Waals surface area (Å²) < 4.78 is 1.59. The maximum Gasteiger partial charge on any atom is 0.274 e. The van der Waals surface area contributed by atoms with Gasteiger partial charge in [-0.2, -0.15) is 0 Å². The van der Waals surface area contributed by atoms with E-state index in [9.17, 15) is 9.59 Å². The van der Waals surface area contributed by atoms with Crippen LogP contribution >= 0.6 is 0 Å². The van der Waals surface area contributed by atoms with Gasteiger partial charge in [0.2, 0.25) is 0 Å². The Balaban J connectivity index is 1.89. The van der Waals surface area contributed by atoms with Gasteiger partial charge in [-0.1, -0.05) is 30.3 Å². The van der Waals surface area contributed by atoms with Crippen molar-refractivity contribution in [3.8, 4) is 0 Å². The number of nitrogens with one attached hydrogen (secondary N) is 2. The number of rotatable bonds is 4. The van der Waals surface area contributed by atoms with E-state index < -0.39 is 0 Å². The molecule has 2 N–H and O–H groups in total. The van der Waals surface area contributed by atoms with Crippen LogP contribution in [0.1, 0.15) is 15.9 Å². The molecule has 22 heavy (non-hydrogen) atoms. The largest absolute Gasteiger partial charge is 0.355 e. The van der Waals surface area contributed by atoms with Crippen LogP contribution in [-0.2, 0) is 13.0 Å². The molecule has 0 saturated carbocycles. The maximum absolute atomic E-state index is 12.3. The lowest BCUT2D eigenvalue weighted by Crippen LogP contribution is -2.18. The first-order chi connectivity index (χ1) is 10.7. The van der Waals surface area contributed by atoms with E-state index in [1.54, 1.807) is 29.9 Å². The number of hydrogen-bond donors (Lipinski definition) is 2. The van der Waals surface area contributed by atoms with Gasteiger partial charge in [0, 0.05) is 19.2 Å². The molecule has 1 heterocycles. The zero-order valence-electron chi connectivity index (χ0n) is 12.3. The number of aromatic nitrogens is 2. The van der Waals surface area contributed by atoms with Crippen molar-refractivity contribution < 1.29 is 4.79 Å². The minimum atomic E-state index is -0.167. The number of carbonyl (C=O) groups excluding carboxylic acids is 1. The molecule has 0 radical (unpaired) electrons. The minimum absolute atomic E-state index is 0.0608. The fourth-order valence-electron chi connectivity index (χ4n) is 2.49. The summed E-state index contributed by atoms with van der Waals surface area (Å²) in [5.41, 5.74) is 2.33. The number of carbonyl (C=O) groups is 1. The summed E-state index contributed by atoms with van der Waals surface area (Å²) >= 11 is 0. The van der Waals surface area contributed by atoms with Crippen LogP contribution in [0.4, 0.5) is 0 Å². The Hall–Kier alpha value is -2.82. The third kappa shape index (κ3) is 2.65. The van der Waals surface area contributed by atoms with Crippen molar-refractivity contribution in [2.24, 2.45) is 0 Å². The number of amides is 1. The van der Waals surface area contributed by atoms with Gasteiger partial charge in [-0.25, -0.2) is 0 Å². The second-order valence-corrected chi connectivity index (χ2v) is 5.14. The summed E-state index contributed by atoms with van der Waals surface area (Å²) in [7, 11) is 1.58. The van der Waals surface area contributed by atoms with Crippen LogP contribution in [0, 0.1) is 0 Å². The van der Waals surface area contributed by atoms with Gasteiger partial charge >= 0.3 is 0 Å². The Labute approximate surface area is 127 Å². The first kappa shape index (κ1) is 14.1. The van der Waals surface area contributed by atoms with E-state index in [1.807, 2.05) is 30.3 Å². The number of nitrogens with zero attached hydrogens (tertiary/aromatic N) is 1. The molecular weight excluding hydrogens is 278 g/mol. The molecule has 0 bridgehead atoms. The van der Waals surface area contributed by atoms with Gasteiger partial charge in [0.1, 0.15) is 0 Å². The van der Waals surface area contributed by atoms with Gasteiger partial charge in [0.15, 0.2) is 0 Å². The second-order valence-electron chi connectivity index (χ2n) is 5.14. The van der Waals surface area contributed by atoms with Crippen molar-refractivity contribution in [1.82, 2.24) is 15.1 Å². The average molecular weight is 295 g/mol. The van der Waals surface area contributed by atoms with Crippen LogP contribution in [0.15, 0.2) is 53.3 Å². The van der Waals surface area contributed by atoms with E-state index in [4.69, 9.17) is 0 Å². The highest BCUT2D eigenvalue weighted by atomic mass is 16.1. The summed E-state index contributed by atoms with van der Waals surface area (Å²) in [5.74, 6) is -0.167. The Morgan fingerprint density at radius 1 is 1.18 bits per heavy atom. The van der Waals surface area contributed by atoms with Crippen molar-refractivity contribution in [2.45, 2.75) is 13.0 Å². The molecular formula is C17H17N3O2. The van der Waals surface area contributed by atoms with Crippen molar-refractivity contribution in [3.05, 3.63) is 70.0 Å². The molecule has 1 amide bonds. The monoisotopic (exact) mass is 295 g/mol. The van der Waals surface area contributed by atoms with Crippen molar-refractivity contribution in [1.29, 1.82) is 0 Å². The van der Waals surface area contributed by atoms with Gasteiger partial charge < -0.3 is 5.32 Å². The van der Waals surface area contributed by atoms with E-state index in [0.717, 1.165) is 6.42 Å². The molecule has 0 aliphatic carbocycles. The second kappa shape index (κ2) is 5.89. The van der Waals surface area contributed by atoms with E-state index >= 15 is 0 Å². The number of aromatic amines is 1. The molecule has 0 fully saturated rings. The van der Waals surface area contributed by atoms with Gasteiger partial charge in [-0.3, -0.25) is 19.4 Å². The molecule has 112 valence electrons. The highest BCUT2D eigenvalue weighted by Gasteiger charge is 2.10. The highest BCUT2D eigenvalue weighted by molar-refractivity contribution is 5.97. The standard InChI is InChI=1S/C17H17N3O2/c1-18-16(21)13-7-8-14-15(11-13)19-20(17(14)22)10-9-12-5-3-2-4-6-12/h2-8,11,19H,9-10H2,1H3,(H,18,21). The van der Waals surface area contributed by atoms with Crippen LogP contribution in [0.25, 0.3) is 10.9 Å². The summed E-state index contributed by atoms with van der Waals surface area (Å²) in [5, 5.41) is 6.25. The molecule has 0 unspecified atom stereocenters. The van der Waals surface area contributed by atoms with E-state index in [0.29, 0.717) is 23.0 Å². The molecule has 0 aliphatic heterocycles. The van der Waals surface area contributed by atoms with E-state index in [-0.39, 0.29) is 11.5 Å². The average Bonchev–Trinajstić information content (AvgIpc) is 2.88. The van der Waals surface area contributed by atoms with Crippen molar-refractivity contribution in [3.63, 3.8) is 0 Å². The minimum Gasteiger partial charge on any atom is -0.355 e. The van der Waals surface area contributed by atoms with Gasteiger partial charge in [-0.15, -0.1) is 0 Å². The van der Waals surface area contributed by atoms with E-state index in [2.05, 4.69) is 10.4 Å². The van der Waals surface area contributed by atoms with Crippen LogP contribution in [0.3, 0.4) is 0 Å². The third-order valence-corrected chi connectivity index (χ3v) is 3.71. The number of hydrogen-bond acceptors (Lipinski definition) is 2. The topological polar surface area (TPSA) is 66.9 Å². The molecule has 1 aromatic heterocycles. The van der Waals surface area contributed by atoms with Gasteiger partial charge in [0.25, 0.3) is 11.5 Å². The third-order valence-electron chi connectivity index (χ3n) is 3.71. The zero-order valence-corrected chi connectivity index (χ0v) is 12.3. The quantitative estimate of drug-likeness (QED) is 0.772. The lowest BCUT2D eigenvalue weighted by atomic mass is 10.1. The Bertz CT molecular complexity index is 862. The fourth-order valence-corrected chi connectivity index (χ4v) is 2.49. The smallest absolute Gasteiger partial charge is 0.274 e. The SMILES string of the molecule is CNC(=O)c1ccc2c(=O)n(CCc3ccccc3)[nH]c2c1. The van der Waals surface area contributed by atoms with Gasteiger partial charge in [-0.05, 0) is 30.2 Å². The molecule has 5 nitrogen and oxygen atoms in total. The maximum atomic E-state index is 12.3. The number of aryl methyl sites for hydroxylation is 2. The van der Waals surface area contributed by atoms with E-state index in [1.165, 1.54) is 5.56 Å².